The predicted molar refractivity (Wildman–Crippen MR) is 94.0 cm³/mol. The maximum Gasteiger partial charge on any atom is 0.227 e. The second-order valence-corrected chi connectivity index (χ2v) is 7.81. The first-order valence-corrected chi connectivity index (χ1v) is 9.62. The number of hydrogen-bond donors (Lipinski definition) is 0. The summed E-state index contributed by atoms with van der Waals surface area (Å²) in [5, 5.41) is 4.05. The van der Waals surface area contributed by atoms with Gasteiger partial charge in [-0.05, 0) is 41.7 Å². The van der Waals surface area contributed by atoms with E-state index in [1.807, 2.05) is 26.6 Å². The molecule has 24 heavy (non-hydrogen) atoms. The number of thiophene rings is 1. The standard InChI is InChI=1S/C18H26N2O3S/c1-23-9-2-6-20-14-18(12-17(20)22)4-7-19(8-5-18)16(21)11-15-3-10-24-13-15/h3,10,13H,2,4-9,11-12,14H2,1H3. The number of methoxy groups -OCH3 is 1. The molecule has 0 bridgehead atoms. The third-order valence-corrected chi connectivity index (χ3v) is 6.03. The van der Waals surface area contributed by atoms with Crippen molar-refractivity contribution >= 4 is 23.2 Å². The largest absolute Gasteiger partial charge is 0.385 e. The van der Waals surface area contributed by atoms with E-state index in [2.05, 4.69) is 0 Å². The van der Waals surface area contributed by atoms with Crippen LogP contribution in [0, 0.1) is 5.41 Å². The Bertz CT molecular complexity index is 565. The van der Waals surface area contributed by atoms with E-state index in [1.165, 1.54) is 0 Å². The lowest BCUT2D eigenvalue weighted by Crippen LogP contribution is -2.44. The van der Waals surface area contributed by atoms with Gasteiger partial charge in [0, 0.05) is 51.7 Å². The molecule has 0 aliphatic carbocycles. The lowest BCUT2D eigenvalue weighted by atomic mass is 9.77. The minimum absolute atomic E-state index is 0.0866. The molecule has 2 saturated heterocycles. The number of ether oxygens (including phenoxy) is 1. The Kier molecular flexibility index (Phi) is 5.56. The van der Waals surface area contributed by atoms with E-state index in [0.717, 1.165) is 51.0 Å². The first-order chi connectivity index (χ1) is 11.6. The number of hydrogen-bond acceptors (Lipinski definition) is 4. The topological polar surface area (TPSA) is 49.9 Å². The molecule has 5 nitrogen and oxygen atoms in total. The maximum absolute atomic E-state index is 12.4. The monoisotopic (exact) mass is 350 g/mol. The van der Waals surface area contributed by atoms with Crippen LogP contribution in [0.3, 0.4) is 0 Å². The van der Waals surface area contributed by atoms with E-state index in [4.69, 9.17) is 4.74 Å². The van der Waals surface area contributed by atoms with Crippen LogP contribution < -0.4 is 0 Å². The summed E-state index contributed by atoms with van der Waals surface area (Å²) in [4.78, 5) is 28.6. The van der Waals surface area contributed by atoms with Crippen molar-refractivity contribution < 1.29 is 14.3 Å². The second-order valence-electron chi connectivity index (χ2n) is 7.03. The van der Waals surface area contributed by atoms with Gasteiger partial charge in [0.05, 0.1) is 6.42 Å². The van der Waals surface area contributed by atoms with Crippen molar-refractivity contribution in [2.45, 2.75) is 32.1 Å². The van der Waals surface area contributed by atoms with Crippen LogP contribution in [0.2, 0.25) is 0 Å². The number of nitrogens with zero attached hydrogens (tertiary/aromatic N) is 2. The van der Waals surface area contributed by atoms with Crippen LogP contribution in [-0.4, -0.2) is 61.5 Å². The zero-order chi connectivity index (χ0) is 17.0. The van der Waals surface area contributed by atoms with Crippen LogP contribution in [0.1, 0.15) is 31.2 Å². The van der Waals surface area contributed by atoms with E-state index < -0.39 is 0 Å². The van der Waals surface area contributed by atoms with Gasteiger partial charge in [0.1, 0.15) is 0 Å². The number of rotatable bonds is 6. The Hall–Kier alpha value is -1.40. The number of amides is 2. The summed E-state index contributed by atoms with van der Waals surface area (Å²) in [6.45, 7) is 3.89. The summed E-state index contributed by atoms with van der Waals surface area (Å²) in [5.74, 6) is 0.480. The molecule has 3 rings (SSSR count). The highest BCUT2D eigenvalue weighted by atomic mass is 32.1. The molecule has 2 aliphatic rings. The number of likely N-dealkylation sites (tertiary alicyclic amines) is 2. The van der Waals surface area contributed by atoms with Gasteiger partial charge in [-0.3, -0.25) is 9.59 Å². The molecule has 1 aromatic heterocycles. The molecule has 0 unspecified atom stereocenters. The Labute approximate surface area is 147 Å². The Morgan fingerprint density at radius 1 is 1.38 bits per heavy atom. The van der Waals surface area contributed by atoms with E-state index in [0.29, 0.717) is 19.4 Å². The first-order valence-electron chi connectivity index (χ1n) is 8.67. The molecule has 0 N–H and O–H groups in total. The fourth-order valence-corrected chi connectivity index (χ4v) is 4.50. The average Bonchev–Trinajstić information content (AvgIpc) is 3.17. The fourth-order valence-electron chi connectivity index (χ4n) is 3.83. The highest BCUT2D eigenvalue weighted by Gasteiger charge is 2.45. The summed E-state index contributed by atoms with van der Waals surface area (Å²) < 4.78 is 5.08. The number of carbonyl (C=O) groups excluding carboxylic acids is 2. The normalized spacial score (nSPS) is 20.1. The van der Waals surface area contributed by atoms with E-state index in [9.17, 15) is 9.59 Å². The Balaban J connectivity index is 1.49. The Morgan fingerprint density at radius 2 is 2.17 bits per heavy atom. The SMILES string of the molecule is COCCCN1CC2(CCN(C(=O)Cc3ccsc3)CC2)CC1=O. The van der Waals surface area contributed by atoms with Crippen molar-refractivity contribution in [3.8, 4) is 0 Å². The van der Waals surface area contributed by atoms with E-state index in [-0.39, 0.29) is 17.2 Å². The highest BCUT2D eigenvalue weighted by Crippen LogP contribution is 2.41. The molecule has 2 aliphatic heterocycles. The third kappa shape index (κ3) is 3.98. The summed E-state index contributed by atoms with van der Waals surface area (Å²) in [7, 11) is 1.69. The molecule has 0 atom stereocenters. The van der Waals surface area contributed by atoms with Crippen LogP contribution in [0.15, 0.2) is 16.8 Å². The van der Waals surface area contributed by atoms with Crippen molar-refractivity contribution in [3.05, 3.63) is 22.4 Å². The van der Waals surface area contributed by atoms with Gasteiger partial charge in [-0.25, -0.2) is 0 Å². The molecular formula is C18H26N2O3S. The van der Waals surface area contributed by atoms with Gasteiger partial charge in [-0.1, -0.05) is 0 Å². The molecule has 0 aromatic carbocycles. The van der Waals surface area contributed by atoms with Gasteiger partial charge in [0.25, 0.3) is 0 Å². The smallest absolute Gasteiger partial charge is 0.227 e. The zero-order valence-corrected chi connectivity index (χ0v) is 15.1. The maximum atomic E-state index is 12.4. The van der Waals surface area contributed by atoms with Gasteiger partial charge >= 0.3 is 0 Å². The van der Waals surface area contributed by atoms with Gasteiger partial charge in [0.15, 0.2) is 0 Å². The molecule has 132 valence electrons. The van der Waals surface area contributed by atoms with Gasteiger partial charge in [0.2, 0.25) is 11.8 Å². The lowest BCUT2D eigenvalue weighted by molar-refractivity contribution is -0.132. The van der Waals surface area contributed by atoms with Gasteiger partial charge < -0.3 is 14.5 Å². The average molecular weight is 350 g/mol. The fraction of sp³-hybridized carbons (Fsp3) is 0.667. The molecule has 6 heteroatoms. The van der Waals surface area contributed by atoms with E-state index in [1.54, 1.807) is 18.4 Å². The van der Waals surface area contributed by atoms with Crippen molar-refractivity contribution in [1.82, 2.24) is 9.80 Å². The van der Waals surface area contributed by atoms with Crippen LogP contribution in [0.4, 0.5) is 0 Å². The third-order valence-electron chi connectivity index (χ3n) is 5.29. The zero-order valence-electron chi connectivity index (χ0n) is 14.3. The minimum atomic E-state index is 0.0866. The van der Waals surface area contributed by atoms with Crippen LogP contribution in [-0.2, 0) is 20.7 Å². The van der Waals surface area contributed by atoms with Gasteiger partial charge in [-0.15, -0.1) is 0 Å². The van der Waals surface area contributed by atoms with Crippen LogP contribution in [0.25, 0.3) is 0 Å². The highest BCUT2D eigenvalue weighted by molar-refractivity contribution is 7.08. The van der Waals surface area contributed by atoms with Crippen molar-refractivity contribution in [3.63, 3.8) is 0 Å². The lowest BCUT2D eigenvalue weighted by Gasteiger charge is -2.38. The first kappa shape index (κ1) is 17.4. The van der Waals surface area contributed by atoms with Crippen molar-refractivity contribution in [2.75, 3.05) is 39.9 Å². The summed E-state index contributed by atoms with van der Waals surface area (Å²) >= 11 is 1.63. The molecule has 1 aromatic rings. The van der Waals surface area contributed by atoms with Crippen LogP contribution in [0.5, 0.6) is 0 Å². The minimum Gasteiger partial charge on any atom is -0.385 e. The number of carbonyl (C=O) groups is 2. The number of piperidine rings is 1. The molecule has 0 radical (unpaired) electrons. The van der Waals surface area contributed by atoms with Crippen LogP contribution >= 0.6 is 11.3 Å². The second kappa shape index (κ2) is 7.66. The summed E-state index contributed by atoms with van der Waals surface area (Å²) in [6.07, 6.45) is 3.92. The summed E-state index contributed by atoms with van der Waals surface area (Å²) in [5.41, 5.74) is 1.19. The van der Waals surface area contributed by atoms with E-state index >= 15 is 0 Å². The quantitative estimate of drug-likeness (QED) is 0.739. The summed E-state index contributed by atoms with van der Waals surface area (Å²) in [6, 6.07) is 2.02. The predicted octanol–water partition coefficient (Wildman–Crippen LogP) is 2.17. The molecule has 3 heterocycles. The Morgan fingerprint density at radius 3 is 2.83 bits per heavy atom. The molecule has 1 spiro atoms. The molecule has 0 saturated carbocycles. The van der Waals surface area contributed by atoms with Gasteiger partial charge in [-0.2, -0.15) is 11.3 Å². The van der Waals surface area contributed by atoms with Crippen molar-refractivity contribution in [2.24, 2.45) is 5.41 Å². The van der Waals surface area contributed by atoms with Crippen molar-refractivity contribution in [1.29, 1.82) is 0 Å². The molecule has 2 amide bonds. The molecular weight excluding hydrogens is 324 g/mol. The molecule has 2 fully saturated rings.